The van der Waals surface area contributed by atoms with Crippen LogP contribution in [0.15, 0.2) is 0 Å². The van der Waals surface area contributed by atoms with Crippen molar-refractivity contribution in [3.05, 3.63) is 0 Å². The molecule has 0 aromatic carbocycles. The second-order valence-corrected chi connectivity index (χ2v) is 2.79. The third-order valence-corrected chi connectivity index (χ3v) is 1.87. The quantitative estimate of drug-likeness (QED) is 0.598. The summed E-state index contributed by atoms with van der Waals surface area (Å²) in [4.78, 5) is 0. The van der Waals surface area contributed by atoms with Crippen molar-refractivity contribution >= 4 is 0 Å². The first-order valence-corrected chi connectivity index (χ1v) is 4.05. The SMILES string of the molecule is CC.CC(C)C1(F)CNC1. The van der Waals surface area contributed by atoms with Crippen molar-refractivity contribution < 1.29 is 4.39 Å². The Morgan fingerprint density at radius 2 is 1.70 bits per heavy atom. The number of hydrogen-bond acceptors (Lipinski definition) is 1. The molecule has 1 nitrogen and oxygen atoms in total. The molecule has 0 spiro atoms. The first-order chi connectivity index (χ1) is 4.65. The van der Waals surface area contributed by atoms with Crippen molar-refractivity contribution in [3.8, 4) is 0 Å². The summed E-state index contributed by atoms with van der Waals surface area (Å²) in [5.74, 6) is 0.170. The van der Waals surface area contributed by atoms with Gasteiger partial charge in [0.2, 0.25) is 0 Å². The average Bonchev–Trinajstić information content (AvgIpc) is 1.87. The maximum Gasteiger partial charge on any atom is 0.138 e. The molecule has 0 radical (unpaired) electrons. The first-order valence-electron chi connectivity index (χ1n) is 4.05. The zero-order chi connectivity index (χ0) is 8.20. The molecule has 0 atom stereocenters. The van der Waals surface area contributed by atoms with Crippen LogP contribution in [-0.4, -0.2) is 18.8 Å². The Morgan fingerprint density at radius 1 is 1.30 bits per heavy atom. The minimum absolute atomic E-state index is 0.170. The summed E-state index contributed by atoms with van der Waals surface area (Å²) in [6, 6.07) is 0. The molecule has 2 heteroatoms. The molecule has 10 heavy (non-hydrogen) atoms. The Hall–Kier alpha value is -0.110. The first kappa shape index (κ1) is 9.89. The van der Waals surface area contributed by atoms with Crippen LogP contribution in [0.3, 0.4) is 0 Å². The minimum atomic E-state index is -0.889. The molecule has 0 bridgehead atoms. The molecule has 1 heterocycles. The third kappa shape index (κ3) is 1.94. The summed E-state index contributed by atoms with van der Waals surface area (Å²) in [5.41, 5.74) is -0.889. The van der Waals surface area contributed by atoms with Crippen molar-refractivity contribution in [1.29, 1.82) is 0 Å². The van der Waals surface area contributed by atoms with E-state index >= 15 is 0 Å². The van der Waals surface area contributed by atoms with Gasteiger partial charge in [-0.2, -0.15) is 0 Å². The van der Waals surface area contributed by atoms with Crippen LogP contribution < -0.4 is 5.32 Å². The summed E-state index contributed by atoms with van der Waals surface area (Å²) in [6.45, 7) is 8.93. The lowest BCUT2D eigenvalue weighted by Crippen LogP contribution is -2.59. The monoisotopic (exact) mass is 147 g/mol. The third-order valence-electron chi connectivity index (χ3n) is 1.87. The summed E-state index contributed by atoms with van der Waals surface area (Å²) in [7, 11) is 0. The maximum absolute atomic E-state index is 13.0. The van der Waals surface area contributed by atoms with Crippen molar-refractivity contribution in [3.63, 3.8) is 0 Å². The van der Waals surface area contributed by atoms with Crippen LogP contribution in [0.4, 0.5) is 4.39 Å². The average molecular weight is 147 g/mol. The van der Waals surface area contributed by atoms with E-state index in [1.54, 1.807) is 0 Å². The molecule has 0 amide bonds. The lowest BCUT2D eigenvalue weighted by Gasteiger charge is -2.38. The topological polar surface area (TPSA) is 12.0 Å². The lowest BCUT2D eigenvalue weighted by molar-refractivity contribution is 0.0400. The van der Waals surface area contributed by atoms with Gasteiger partial charge in [-0.3, -0.25) is 0 Å². The molecule has 1 fully saturated rings. The van der Waals surface area contributed by atoms with Crippen LogP contribution in [0.25, 0.3) is 0 Å². The molecular weight excluding hydrogens is 129 g/mol. The van der Waals surface area contributed by atoms with Gasteiger partial charge in [0.25, 0.3) is 0 Å². The van der Waals surface area contributed by atoms with Crippen LogP contribution in [-0.2, 0) is 0 Å². The molecule has 0 unspecified atom stereocenters. The largest absolute Gasteiger partial charge is 0.310 e. The van der Waals surface area contributed by atoms with Gasteiger partial charge in [0.15, 0.2) is 0 Å². The van der Waals surface area contributed by atoms with E-state index in [-0.39, 0.29) is 5.92 Å². The van der Waals surface area contributed by atoms with E-state index in [1.807, 2.05) is 27.7 Å². The molecule has 1 aliphatic heterocycles. The molecule has 0 aromatic heterocycles. The molecule has 62 valence electrons. The number of alkyl halides is 1. The van der Waals surface area contributed by atoms with E-state index in [2.05, 4.69) is 5.32 Å². The fourth-order valence-electron chi connectivity index (χ4n) is 0.772. The van der Waals surface area contributed by atoms with Crippen LogP contribution in [0, 0.1) is 5.92 Å². The Balaban J connectivity index is 0.000000371. The molecule has 0 aliphatic carbocycles. The highest BCUT2D eigenvalue weighted by atomic mass is 19.1. The predicted molar refractivity (Wildman–Crippen MR) is 42.9 cm³/mol. The molecule has 0 saturated carbocycles. The summed E-state index contributed by atoms with van der Waals surface area (Å²) < 4.78 is 13.0. The minimum Gasteiger partial charge on any atom is -0.310 e. The Bertz CT molecular complexity index is 87.3. The van der Waals surface area contributed by atoms with Crippen molar-refractivity contribution in [2.45, 2.75) is 33.4 Å². The maximum atomic E-state index is 13.0. The van der Waals surface area contributed by atoms with Crippen molar-refractivity contribution in [2.75, 3.05) is 13.1 Å². The highest BCUT2D eigenvalue weighted by molar-refractivity contribution is 4.95. The normalized spacial score (nSPS) is 21.0. The van der Waals surface area contributed by atoms with E-state index in [9.17, 15) is 4.39 Å². The number of halogens is 1. The zero-order valence-corrected chi connectivity index (χ0v) is 7.37. The van der Waals surface area contributed by atoms with Gasteiger partial charge in [0.05, 0.1) is 0 Å². The van der Waals surface area contributed by atoms with Gasteiger partial charge in [0.1, 0.15) is 5.67 Å². The number of nitrogens with one attached hydrogen (secondary N) is 1. The highest BCUT2D eigenvalue weighted by Gasteiger charge is 2.39. The Morgan fingerprint density at radius 3 is 1.70 bits per heavy atom. The molecule has 1 aliphatic rings. The van der Waals surface area contributed by atoms with E-state index in [1.165, 1.54) is 0 Å². The summed E-state index contributed by atoms with van der Waals surface area (Å²) >= 11 is 0. The van der Waals surface area contributed by atoms with Gasteiger partial charge in [0, 0.05) is 13.1 Å². The van der Waals surface area contributed by atoms with Crippen molar-refractivity contribution in [1.82, 2.24) is 5.32 Å². The van der Waals surface area contributed by atoms with Crippen LogP contribution in [0.5, 0.6) is 0 Å². The molecule has 1 N–H and O–H groups in total. The van der Waals surface area contributed by atoms with Gasteiger partial charge in [-0.15, -0.1) is 0 Å². The van der Waals surface area contributed by atoms with E-state index in [0.717, 1.165) is 0 Å². The highest BCUT2D eigenvalue weighted by Crippen LogP contribution is 2.25. The number of rotatable bonds is 1. The van der Waals surface area contributed by atoms with Crippen LogP contribution in [0.2, 0.25) is 0 Å². The van der Waals surface area contributed by atoms with Crippen LogP contribution >= 0.6 is 0 Å². The second kappa shape index (κ2) is 3.91. The van der Waals surface area contributed by atoms with Crippen molar-refractivity contribution in [2.24, 2.45) is 5.92 Å². The van der Waals surface area contributed by atoms with Gasteiger partial charge >= 0.3 is 0 Å². The molecule has 1 rings (SSSR count). The fraction of sp³-hybridized carbons (Fsp3) is 1.00. The smallest absolute Gasteiger partial charge is 0.138 e. The van der Waals surface area contributed by atoms with E-state index < -0.39 is 5.67 Å². The molecular formula is C8H18FN. The fourth-order valence-corrected chi connectivity index (χ4v) is 0.772. The summed E-state index contributed by atoms with van der Waals surface area (Å²) in [5, 5.41) is 2.91. The Kier molecular flexibility index (Phi) is 3.87. The molecule has 0 aromatic rings. The standard InChI is InChI=1S/C6H12FN.C2H6/c1-5(2)6(7)3-8-4-6;1-2/h5,8H,3-4H2,1-2H3;1-2H3. The van der Waals surface area contributed by atoms with E-state index in [4.69, 9.17) is 0 Å². The van der Waals surface area contributed by atoms with Gasteiger partial charge in [-0.1, -0.05) is 27.7 Å². The predicted octanol–water partition coefficient (Wildman–Crippen LogP) is 1.98. The number of hydrogen-bond donors (Lipinski definition) is 1. The van der Waals surface area contributed by atoms with Gasteiger partial charge in [-0.05, 0) is 5.92 Å². The van der Waals surface area contributed by atoms with Crippen LogP contribution in [0.1, 0.15) is 27.7 Å². The van der Waals surface area contributed by atoms with Gasteiger partial charge < -0.3 is 5.32 Å². The second-order valence-electron chi connectivity index (χ2n) is 2.79. The lowest BCUT2D eigenvalue weighted by atomic mass is 9.87. The zero-order valence-electron chi connectivity index (χ0n) is 7.37. The summed E-state index contributed by atoms with van der Waals surface area (Å²) in [6.07, 6.45) is 0. The van der Waals surface area contributed by atoms with Gasteiger partial charge in [-0.25, -0.2) is 4.39 Å². The molecule has 1 saturated heterocycles. The van der Waals surface area contributed by atoms with E-state index in [0.29, 0.717) is 13.1 Å². The Labute approximate surface area is 63.0 Å².